The van der Waals surface area contributed by atoms with Crippen molar-refractivity contribution in [1.29, 1.82) is 0 Å². The van der Waals surface area contributed by atoms with Gasteiger partial charge in [-0.1, -0.05) is 0 Å². The van der Waals surface area contributed by atoms with Crippen LogP contribution in [0.4, 0.5) is 5.82 Å². The molecular weight excluding hydrogens is 286 g/mol. The van der Waals surface area contributed by atoms with Gasteiger partial charge in [-0.05, 0) is 26.0 Å². The fourth-order valence-corrected chi connectivity index (χ4v) is 3.30. The van der Waals surface area contributed by atoms with E-state index in [1.807, 2.05) is 26.0 Å². The molecule has 4 atom stereocenters. The molecule has 0 aromatic carbocycles. The van der Waals surface area contributed by atoms with E-state index in [0.29, 0.717) is 12.4 Å². The first kappa shape index (κ1) is 13.9. The summed E-state index contributed by atoms with van der Waals surface area (Å²) < 4.78 is 19.8. The highest BCUT2D eigenvalue weighted by atomic mass is 16.8. The van der Waals surface area contributed by atoms with Gasteiger partial charge in [0.15, 0.2) is 11.6 Å². The summed E-state index contributed by atoms with van der Waals surface area (Å²) in [5, 5.41) is 4.27. The predicted molar refractivity (Wildman–Crippen MR) is 77.9 cm³/mol. The maximum absolute atomic E-state index is 6.07. The average molecular weight is 305 g/mol. The first-order valence-electron chi connectivity index (χ1n) is 7.29. The van der Waals surface area contributed by atoms with E-state index in [-0.39, 0.29) is 24.4 Å². The second kappa shape index (κ2) is 4.63. The van der Waals surface area contributed by atoms with Gasteiger partial charge in [-0.2, -0.15) is 5.10 Å². The molecule has 8 heteroatoms. The fraction of sp³-hybridized carbons (Fsp3) is 0.571. The SMILES string of the molecule is CC1(C)O[C@@H]2[C@H](O1)[C@@H](CN)O[C@H]2c1ccc2c(N)ncnn12. The van der Waals surface area contributed by atoms with Crippen molar-refractivity contribution >= 4 is 11.3 Å². The van der Waals surface area contributed by atoms with Crippen LogP contribution in [-0.2, 0) is 14.2 Å². The highest BCUT2D eigenvalue weighted by molar-refractivity contribution is 5.65. The quantitative estimate of drug-likeness (QED) is 0.817. The summed E-state index contributed by atoms with van der Waals surface area (Å²) in [5.41, 5.74) is 13.3. The molecule has 2 fully saturated rings. The Bertz CT molecular complexity index is 716. The Hall–Kier alpha value is -1.74. The molecule has 0 radical (unpaired) electrons. The molecule has 118 valence electrons. The lowest BCUT2D eigenvalue weighted by Gasteiger charge is -2.23. The molecule has 0 saturated carbocycles. The smallest absolute Gasteiger partial charge is 0.164 e. The van der Waals surface area contributed by atoms with E-state index in [1.165, 1.54) is 6.33 Å². The van der Waals surface area contributed by atoms with E-state index < -0.39 is 5.79 Å². The number of nitrogen functional groups attached to an aromatic ring is 1. The van der Waals surface area contributed by atoms with E-state index in [9.17, 15) is 0 Å². The lowest BCUT2D eigenvalue weighted by atomic mass is 10.1. The Morgan fingerprint density at radius 3 is 2.82 bits per heavy atom. The maximum atomic E-state index is 6.07. The number of anilines is 1. The summed E-state index contributed by atoms with van der Waals surface area (Å²) in [4.78, 5) is 4.00. The zero-order chi connectivity index (χ0) is 15.5. The molecule has 22 heavy (non-hydrogen) atoms. The zero-order valence-electron chi connectivity index (χ0n) is 12.5. The van der Waals surface area contributed by atoms with Gasteiger partial charge in [-0.3, -0.25) is 0 Å². The van der Waals surface area contributed by atoms with Crippen LogP contribution in [0.3, 0.4) is 0 Å². The van der Waals surface area contributed by atoms with Crippen LogP contribution < -0.4 is 11.5 Å². The van der Waals surface area contributed by atoms with Gasteiger partial charge in [0, 0.05) is 6.54 Å². The minimum Gasteiger partial charge on any atom is -0.382 e. The summed E-state index contributed by atoms with van der Waals surface area (Å²) in [5.74, 6) is -0.221. The second-order valence-corrected chi connectivity index (χ2v) is 6.10. The molecule has 4 rings (SSSR count). The predicted octanol–water partition coefficient (Wildman–Crippen LogP) is 0.230. The Morgan fingerprint density at radius 1 is 1.27 bits per heavy atom. The van der Waals surface area contributed by atoms with Gasteiger partial charge in [0.05, 0.1) is 11.8 Å². The second-order valence-electron chi connectivity index (χ2n) is 6.10. The van der Waals surface area contributed by atoms with Crippen LogP contribution in [0.15, 0.2) is 18.5 Å². The Morgan fingerprint density at radius 2 is 2.05 bits per heavy atom. The Labute approximate surface area is 127 Å². The summed E-state index contributed by atoms with van der Waals surface area (Å²) in [6, 6.07) is 3.80. The van der Waals surface area contributed by atoms with Crippen molar-refractivity contribution in [2.75, 3.05) is 12.3 Å². The highest BCUT2D eigenvalue weighted by Gasteiger charge is 2.55. The third-order valence-electron chi connectivity index (χ3n) is 4.18. The van der Waals surface area contributed by atoms with Crippen molar-refractivity contribution < 1.29 is 14.2 Å². The summed E-state index contributed by atoms with van der Waals surface area (Å²) in [6.45, 7) is 4.16. The van der Waals surface area contributed by atoms with E-state index in [1.54, 1.807) is 4.52 Å². The maximum Gasteiger partial charge on any atom is 0.164 e. The number of hydrogen-bond acceptors (Lipinski definition) is 7. The van der Waals surface area contributed by atoms with Crippen molar-refractivity contribution in [1.82, 2.24) is 14.6 Å². The number of rotatable bonds is 2. The first-order valence-corrected chi connectivity index (χ1v) is 7.29. The molecular formula is C14H19N5O3. The summed E-state index contributed by atoms with van der Waals surface area (Å²) in [7, 11) is 0. The van der Waals surface area contributed by atoms with E-state index in [2.05, 4.69) is 10.1 Å². The number of hydrogen-bond donors (Lipinski definition) is 2. The van der Waals surface area contributed by atoms with Gasteiger partial charge < -0.3 is 25.7 Å². The van der Waals surface area contributed by atoms with Crippen LogP contribution in [0.2, 0.25) is 0 Å². The molecule has 0 unspecified atom stereocenters. The lowest BCUT2D eigenvalue weighted by Crippen LogP contribution is -2.34. The molecule has 4 heterocycles. The molecule has 2 aromatic rings. The van der Waals surface area contributed by atoms with E-state index in [4.69, 9.17) is 25.7 Å². The number of aromatic nitrogens is 3. The Balaban J connectivity index is 1.77. The fourth-order valence-electron chi connectivity index (χ4n) is 3.30. The van der Waals surface area contributed by atoms with Crippen LogP contribution in [0, 0.1) is 0 Å². The van der Waals surface area contributed by atoms with E-state index >= 15 is 0 Å². The van der Waals surface area contributed by atoms with Crippen molar-refractivity contribution in [3.63, 3.8) is 0 Å². The van der Waals surface area contributed by atoms with Crippen LogP contribution in [0.25, 0.3) is 5.52 Å². The van der Waals surface area contributed by atoms with Crippen LogP contribution in [-0.4, -0.2) is 45.2 Å². The Kier molecular flexibility index (Phi) is 2.92. The minimum atomic E-state index is -0.647. The van der Waals surface area contributed by atoms with Crippen LogP contribution in [0.1, 0.15) is 25.6 Å². The molecule has 0 aliphatic carbocycles. The topological polar surface area (TPSA) is 110 Å². The van der Waals surface area contributed by atoms with Crippen LogP contribution in [0.5, 0.6) is 0 Å². The van der Waals surface area contributed by atoms with Gasteiger partial charge in [-0.25, -0.2) is 9.50 Å². The number of nitrogens with two attached hydrogens (primary N) is 2. The largest absolute Gasteiger partial charge is 0.382 e. The van der Waals surface area contributed by atoms with Gasteiger partial charge in [0.2, 0.25) is 0 Å². The monoisotopic (exact) mass is 305 g/mol. The summed E-state index contributed by atoms with van der Waals surface area (Å²) in [6.07, 6.45) is 0.500. The third kappa shape index (κ3) is 1.92. The van der Waals surface area contributed by atoms with Crippen molar-refractivity contribution in [3.8, 4) is 0 Å². The normalized spacial score (nSPS) is 33.4. The minimum absolute atomic E-state index is 0.185. The molecule has 0 amide bonds. The van der Waals surface area contributed by atoms with Gasteiger partial charge >= 0.3 is 0 Å². The lowest BCUT2D eigenvalue weighted by molar-refractivity contribution is -0.187. The molecule has 2 aliphatic heterocycles. The molecule has 0 spiro atoms. The average Bonchev–Trinajstić information content (AvgIpc) is 3.10. The highest BCUT2D eigenvalue weighted by Crippen LogP contribution is 2.45. The van der Waals surface area contributed by atoms with Gasteiger partial charge in [-0.15, -0.1) is 0 Å². The standard InChI is InChI=1S/C14H19N5O3/c1-14(2)21-11-9(5-15)20-10(12(11)22-14)7-3-4-8-13(16)17-6-18-19(7)8/h3-4,6,9-12H,5,15H2,1-2H3,(H2,16,17,18)/t9-,10+,11-,12+/m1/s1. The van der Waals surface area contributed by atoms with Gasteiger partial charge in [0.1, 0.15) is 30.2 Å². The molecule has 0 bridgehead atoms. The molecule has 2 aromatic heterocycles. The van der Waals surface area contributed by atoms with E-state index in [0.717, 1.165) is 11.2 Å². The number of fused-ring (bicyclic) bond motifs is 2. The van der Waals surface area contributed by atoms with Crippen molar-refractivity contribution in [2.24, 2.45) is 5.73 Å². The first-order chi connectivity index (χ1) is 10.5. The van der Waals surface area contributed by atoms with Crippen molar-refractivity contribution in [3.05, 3.63) is 24.2 Å². The van der Waals surface area contributed by atoms with Crippen LogP contribution >= 0.6 is 0 Å². The molecule has 2 saturated heterocycles. The van der Waals surface area contributed by atoms with Gasteiger partial charge in [0.25, 0.3) is 0 Å². The molecule has 2 aliphatic rings. The zero-order valence-corrected chi connectivity index (χ0v) is 12.5. The molecule has 8 nitrogen and oxygen atoms in total. The summed E-state index contributed by atoms with van der Waals surface area (Å²) >= 11 is 0. The van der Waals surface area contributed by atoms with Crippen molar-refractivity contribution in [2.45, 2.75) is 44.1 Å². The number of nitrogens with zero attached hydrogens (tertiary/aromatic N) is 3. The molecule has 4 N–H and O–H groups in total. The number of ether oxygens (including phenoxy) is 3. The third-order valence-corrected chi connectivity index (χ3v) is 4.18.